The van der Waals surface area contributed by atoms with E-state index in [-0.39, 0.29) is 19.4 Å². The molecule has 0 aliphatic rings. The van der Waals surface area contributed by atoms with Crippen LogP contribution in [0.2, 0.25) is 0 Å². The lowest BCUT2D eigenvalue weighted by atomic mass is 9.94. The monoisotopic (exact) mass is 406 g/mol. The minimum atomic E-state index is -0.660. The molecule has 2 N–H and O–H groups in total. The van der Waals surface area contributed by atoms with Gasteiger partial charge in [0.2, 0.25) is 5.91 Å². The van der Waals surface area contributed by atoms with Crippen LogP contribution in [0.3, 0.4) is 0 Å². The summed E-state index contributed by atoms with van der Waals surface area (Å²) in [6.07, 6.45) is 0.925. The van der Waals surface area contributed by atoms with Crippen molar-refractivity contribution in [3.8, 4) is 0 Å². The maximum absolute atomic E-state index is 12.4. The van der Waals surface area contributed by atoms with Crippen LogP contribution in [-0.4, -0.2) is 29.3 Å². The molecule has 1 heterocycles. The standard InChI is InChI=1S/C24H26N2O4/c1-3-30-24(29)19(11-12-27)18-9-10-20-21(14-23(25)28)16(2)26(22(20)13-18)15-17-7-5-4-6-8-17/h4-10,12-13,19H,3,11,14-15H2,1-2H3,(H2,25,28). The molecule has 1 aromatic heterocycles. The Morgan fingerprint density at radius 3 is 2.53 bits per heavy atom. The van der Waals surface area contributed by atoms with Gasteiger partial charge in [0.1, 0.15) is 6.29 Å². The van der Waals surface area contributed by atoms with Crippen molar-refractivity contribution in [2.45, 2.75) is 39.2 Å². The Morgan fingerprint density at radius 1 is 1.17 bits per heavy atom. The average molecular weight is 406 g/mol. The van der Waals surface area contributed by atoms with Gasteiger partial charge in [0, 0.05) is 29.6 Å². The lowest BCUT2D eigenvalue weighted by Gasteiger charge is -2.15. The fraction of sp³-hybridized carbons (Fsp3) is 0.292. The van der Waals surface area contributed by atoms with Gasteiger partial charge in [0.05, 0.1) is 18.9 Å². The van der Waals surface area contributed by atoms with Crippen molar-refractivity contribution in [1.82, 2.24) is 4.57 Å². The van der Waals surface area contributed by atoms with Crippen LogP contribution in [0.15, 0.2) is 48.5 Å². The number of nitrogens with zero attached hydrogens (tertiary/aromatic N) is 1. The molecular formula is C24H26N2O4. The molecule has 0 aliphatic heterocycles. The third-order valence-corrected chi connectivity index (χ3v) is 5.32. The Hall–Kier alpha value is -3.41. The molecule has 1 unspecified atom stereocenters. The van der Waals surface area contributed by atoms with Gasteiger partial charge in [-0.25, -0.2) is 0 Å². The number of primary amides is 1. The fourth-order valence-corrected chi connectivity index (χ4v) is 3.86. The van der Waals surface area contributed by atoms with Crippen LogP contribution in [0.4, 0.5) is 0 Å². The van der Waals surface area contributed by atoms with E-state index in [0.717, 1.165) is 34.0 Å². The van der Waals surface area contributed by atoms with E-state index in [1.807, 2.05) is 55.5 Å². The molecule has 3 rings (SSSR count). The highest BCUT2D eigenvalue weighted by atomic mass is 16.5. The number of hydrogen-bond donors (Lipinski definition) is 1. The zero-order valence-electron chi connectivity index (χ0n) is 17.3. The summed E-state index contributed by atoms with van der Waals surface area (Å²) in [6, 6.07) is 15.6. The van der Waals surface area contributed by atoms with Gasteiger partial charge in [-0.1, -0.05) is 42.5 Å². The molecule has 156 valence electrons. The molecule has 2 aromatic carbocycles. The molecule has 0 saturated heterocycles. The van der Waals surface area contributed by atoms with Crippen LogP contribution >= 0.6 is 0 Å². The average Bonchev–Trinajstić information content (AvgIpc) is 2.97. The number of hydrogen-bond acceptors (Lipinski definition) is 4. The summed E-state index contributed by atoms with van der Waals surface area (Å²) in [5, 5.41) is 0.916. The van der Waals surface area contributed by atoms with Crippen LogP contribution in [0, 0.1) is 6.92 Å². The predicted molar refractivity (Wildman–Crippen MR) is 115 cm³/mol. The minimum Gasteiger partial charge on any atom is -0.466 e. The van der Waals surface area contributed by atoms with Crippen molar-refractivity contribution in [2.24, 2.45) is 5.73 Å². The minimum absolute atomic E-state index is 0.0524. The molecule has 30 heavy (non-hydrogen) atoms. The van der Waals surface area contributed by atoms with E-state index >= 15 is 0 Å². The van der Waals surface area contributed by atoms with Crippen LogP contribution in [0.1, 0.15) is 41.6 Å². The van der Waals surface area contributed by atoms with E-state index in [1.54, 1.807) is 6.92 Å². The van der Waals surface area contributed by atoms with E-state index in [4.69, 9.17) is 10.5 Å². The first kappa shape index (κ1) is 21.3. The summed E-state index contributed by atoms with van der Waals surface area (Å²) in [4.78, 5) is 35.3. The highest BCUT2D eigenvalue weighted by Crippen LogP contribution is 2.31. The summed E-state index contributed by atoms with van der Waals surface area (Å²) in [5.74, 6) is -1.47. The molecule has 0 bridgehead atoms. The van der Waals surface area contributed by atoms with Gasteiger partial charge in [0.15, 0.2) is 0 Å². The molecule has 0 radical (unpaired) electrons. The van der Waals surface area contributed by atoms with E-state index in [0.29, 0.717) is 12.1 Å². The second-order valence-corrected chi connectivity index (χ2v) is 7.26. The molecule has 6 nitrogen and oxygen atoms in total. The second-order valence-electron chi connectivity index (χ2n) is 7.26. The summed E-state index contributed by atoms with van der Waals surface area (Å²) in [6.45, 7) is 4.57. The van der Waals surface area contributed by atoms with E-state index in [1.165, 1.54) is 0 Å². The Labute approximate surface area is 175 Å². The largest absolute Gasteiger partial charge is 0.466 e. The lowest BCUT2D eigenvalue weighted by Crippen LogP contribution is -2.16. The van der Waals surface area contributed by atoms with E-state index in [9.17, 15) is 14.4 Å². The molecule has 0 saturated carbocycles. The summed E-state index contributed by atoms with van der Waals surface area (Å²) < 4.78 is 7.29. The van der Waals surface area contributed by atoms with Crippen molar-refractivity contribution < 1.29 is 19.1 Å². The fourth-order valence-electron chi connectivity index (χ4n) is 3.86. The van der Waals surface area contributed by atoms with Crippen molar-refractivity contribution in [3.63, 3.8) is 0 Å². The number of aldehydes is 1. The Morgan fingerprint density at radius 2 is 1.90 bits per heavy atom. The lowest BCUT2D eigenvalue weighted by molar-refractivity contribution is -0.145. The zero-order chi connectivity index (χ0) is 21.7. The van der Waals surface area contributed by atoms with Gasteiger partial charge in [-0.2, -0.15) is 0 Å². The summed E-state index contributed by atoms with van der Waals surface area (Å²) in [7, 11) is 0. The molecule has 1 atom stereocenters. The highest BCUT2D eigenvalue weighted by Gasteiger charge is 2.24. The normalized spacial score (nSPS) is 11.9. The van der Waals surface area contributed by atoms with Gasteiger partial charge < -0.3 is 19.8 Å². The van der Waals surface area contributed by atoms with Gasteiger partial charge >= 0.3 is 5.97 Å². The maximum Gasteiger partial charge on any atom is 0.313 e. The van der Waals surface area contributed by atoms with E-state index in [2.05, 4.69) is 4.57 Å². The SMILES string of the molecule is CCOC(=O)C(CC=O)c1ccc2c(CC(N)=O)c(C)n(Cc3ccccc3)c2c1. The number of aromatic nitrogens is 1. The highest BCUT2D eigenvalue weighted by molar-refractivity contribution is 5.92. The van der Waals surface area contributed by atoms with Crippen molar-refractivity contribution in [1.29, 1.82) is 0 Å². The molecule has 3 aromatic rings. The number of rotatable bonds is 9. The third kappa shape index (κ3) is 4.43. The van der Waals surface area contributed by atoms with Gasteiger partial charge in [-0.15, -0.1) is 0 Å². The van der Waals surface area contributed by atoms with Crippen LogP contribution in [0.25, 0.3) is 10.9 Å². The molecule has 0 spiro atoms. The second kappa shape index (κ2) is 9.39. The van der Waals surface area contributed by atoms with Crippen molar-refractivity contribution in [3.05, 3.63) is 70.9 Å². The number of amides is 1. The first-order valence-corrected chi connectivity index (χ1v) is 10.00. The Balaban J connectivity index is 2.15. The first-order chi connectivity index (χ1) is 14.5. The number of benzene rings is 2. The predicted octanol–water partition coefficient (Wildman–Crippen LogP) is 3.26. The van der Waals surface area contributed by atoms with Crippen LogP contribution < -0.4 is 5.73 Å². The van der Waals surface area contributed by atoms with Gasteiger partial charge in [0.25, 0.3) is 0 Å². The van der Waals surface area contributed by atoms with Gasteiger partial charge in [-0.05, 0) is 36.6 Å². The zero-order valence-corrected chi connectivity index (χ0v) is 17.3. The van der Waals surface area contributed by atoms with Crippen molar-refractivity contribution >= 4 is 29.1 Å². The van der Waals surface area contributed by atoms with E-state index < -0.39 is 17.8 Å². The summed E-state index contributed by atoms with van der Waals surface area (Å²) in [5.41, 5.74) is 10.0. The van der Waals surface area contributed by atoms with Crippen LogP contribution in [-0.2, 0) is 32.1 Å². The topological polar surface area (TPSA) is 91.4 Å². The number of esters is 1. The number of ether oxygens (including phenoxy) is 1. The van der Waals surface area contributed by atoms with Crippen molar-refractivity contribution in [2.75, 3.05) is 6.61 Å². The molecular weight excluding hydrogens is 380 g/mol. The number of carbonyl (C=O) groups excluding carboxylic acids is 3. The van der Waals surface area contributed by atoms with Gasteiger partial charge in [-0.3, -0.25) is 9.59 Å². The smallest absolute Gasteiger partial charge is 0.313 e. The number of carbonyl (C=O) groups is 3. The molecule has 6 heteroatoms. The molecule has 0 aliphatic carbocycles. The number of fused-ring (bicyclic) bond motifs is 1. The number of nitrogens with two attached hydrogens (primary N) is 1. The third-order valence-electron chi connectivity index (χ3n) is 5.32. The molecule has 0 fully saturated rings. The Bertz CT molecular complexity index is 1070. The first-order valence-electron chi connectivity index (χ1n) is 10.00. The Kier molecular flexibility index (Phi) is 6.67. The quantitative estimate of drug-likeness (QED) is 0.436. The van der Waals surface area contributed by atoms with Crippen LogP contribution in [0.5, 0.6) is 0 Å². The maximum atomic E-state index is 12.4. The summed E-state index contributed by atoms with van der Waals surface area (Å²) >= 11 is 0. The molecule has 1 amide bonds.